The van der Waals surface area contributed by atoms with E-state index in [9.17, 15) is 9.59 Å². The number of ether oxygens (including phenoxy) is 1. The number of urea groups is 1. The van der Waals surface area contributed by atoms with Crippen LogP contribution in [0.1, 0.15) is 27.2 Å². The van der Waals surface area contributed by atoms with Crippen LogP contribution in [0.25, 0.3) is 0 Å². The molecule has 0 aliphatic carbocycles. The Morgan fingerprint density at radius 1 is 1.06 bits per heavy atom. The van der Waals surface area contributed by atoms with Gasteiger partial charge in [0.1, 0.15) is 5.75 Å². The topological polar surface area (TPSA) is 73.9 Å². The van der Waals surface area contributed by atoms with Gasteiger partial charge in [0.15, 0.2) is 0 Å². The van der Waals surface area contributed by atoms with Gasteiger partial charge in [-0.2, -0.15) is 0 Å². The summed E-state index contributed by atoms with van der Waals surface area (Å²) in [4.78, 5) is 28.0. The average molecular weight is 425 g/mol. The highest BCUT2D eigenvalue weighted by molar-refractivity contribution is 5.99. The van der Waals surface area contributed by atoms with Crippen molar-refractivity contribution in [2.75, 3.05) is 42.3 Å². The zero-order valence-electron chi connectivity index (χ0n) is 18.7. The van der Waals surface area contributed by atoms with Crippen molar-refractivity contribution >= 4 is 29.0 Å². The lowest BCUT2D eigenvalue weighted by Crippen LogP contribution is -2.37. The first-order valence-corrected chi connectivity index (χ1v) is 10.7. The van der Waals surface area contributed by atoms with Crippen molar-refractivity contribution in [3.8, 4) is 5.75 Å². The van der Waals surface area contributed by atoms with Gasteiger partial charge in [-0.1, -0.05) is 13.8 Å². The van der Waals surface area contributed by atoms with Gasteiger partial charge in [-0.15, -0.1) is 0 Å². The summed E-state index contributed by atoms with van der Waals surface area (Å²) in [5, 5.41) is 5.68. The van der Waals surface area contributed by atoms with Crippen LogP contribution in [0.5, 0.6) is 5.75 Å². The average Bonchev–Trinajstić information content (AvgIpc) is 3.23. The number of nitrogens with one attached hydrogen (secondary N) is 2. The first-order valence-electron chi connectivity index (χ1n) is 10.7. The molecular weight excluding hydrogens is 392 g/mol. The van der Waals surface area contributed by atoms with Crippen molar-refractivity contribution in [2.24, 2.45) is 5.92 Å². The maximum Gasteiger partial charge on any atom is 0.323 e. The van der Waals surface area contributed by atoms with Crippen molar-refractivity contribution in [3.05, 3.63) is 48.5 Å². The molecule has 1 aliphatic heterocycles. The molecule has 1 fully saturated rings. The highest BCUT2D eigenvalue weighted by Crippen LogP contribution is 2.24. The molecule has 0 bridgehead atoms. The zero-order chi connectivity index (χ0) is 22.4. The number of likely N-dealkylation sites (N-methyl/N-ethyl adjacent to an activating group) is 1. The molecule has 0 spiro atoms. The predicted molar refractivity (Wildman–Crippen MR) is 125 cm³/mol. The summed E-state index contributed by atoms with van der Waals surface area (Å²) in [5.74, 6) is 1.34. The van der Waals surface area contributed by atoms with E-state index in [1.807, 2.05) is 60.5 Å². The number of carbonyl (C=O) groups excluding carboxylic acids is 2. The summed E-state index contributed by atoms with van der Waals surface area (Å²) in [7, 11) is 1.86. The van der Waals surface area contributed by atoms with Gasteiger partial charge in [0, 0.05) is 44.1 Å². The summed E-state index contributed by atoms with van der Waals surface area (Å²) in [6.45, 7) is 8.19. The molecule has 0 aromatic heterocycles. The van der Waals surface area contributed by atoms with Gasteiger partial charge < -0.3 is 25.2 Å². The second kappa shape index (κ2) is 10.2. The minimum Gasteiger partial charge on any atom is -0.493 e. The van der Waals surface area contributed by atoms with Crippen LogP contribution in [-0.4, -0.2) is 49.6 Å². The van der Waals surface area contributed by atoms with Gasteiger partial charge >= 0.3 is 6.03 Å². The Bertz CT molecular complexity index is 881. The number of amides is 3. The summed E-state index contributed by atoms with van der Waals surface area (Å²) < 4.78 is 5.66. The Morgan fingerprint density at radius 3 is 2.19 bits per heavy atom. The molecule has 7 nitrogen and oxygen atoms in total. The number of benzene rings is 2. The molecular formula is C24H32N4O3. The van der Waals surface area contributed by atoms with Crippen LogP contribution in [0.2, 0.25) is 0 Å². The van der Waals surface area contributed by atoms with Gasteiger partial charge in [0.25, 0.3) is 0 Å². The molecule has 1 saturated heterocycles. The number of hydrogen-bond donors (Lipinski definition) is 2. The molecule has 2 aromatic carbocycles. The lowest BCUT2D eigenvalue weighted by atomic mass is 10.2. The van der Waals surface area contributed by atoms with E-state index in [0.29, 0.717) is 18.2 Å². The van der Waals surface area contributed by atoms with Crippen LogP contribution in [0, 0.1) is 5.92 Å². The SMILES string of the molecule is CC(=O)N(C)C1CCN(c2ccc(NC(=O)Nc3ccc(OCC(C)C)cc3)cc2)C1. The smallest absolute Gasteiger partial charge is 0.323 e. The number of rotatable bonds is 7. The summed E-state index contributed by atoms with van der Waals surface area (Å²) in [5.41, 5.74) is 2.50. The van der Waals surface area contributed by atoms with Crippen molar-refractivity contribution < 1.29 is 14.3 Å². The molecule has 2 aromatic rings. The largest absolute Gasteiger partial charge is 0.493 e. The molecule has 1 aliphatic rings. The quantitative estimate of drug-likeness (QED) is 0.690. The maximum absolute atomic E-state index is 12.3. The van der Waals surface area contributed by atoms with E-state index in [2.05, 4.69) is 29.4 Å². The molecule has 3 amide bonds. The third-order valence-electron chi connectivity index (χ3n) is 5.39. The number of nitrogens with zero attached hydrogens (tertiary/aromatic N) is 2. The second-order valence-electron chi connectivity index (χ2n) is 8.37. The van der Waals surface area contributed by atoms with Crippen molar-refractivity contribution in [1.29, 1.82) is 0 Å². The molecule has 3 rings (SSSR count). The number of anilines is 3. The van der Waals surface area contributed by atoms with Crippen LogP contribution in [0.4, 0.5) is 21.9 Å². The van der Waals surface area contributed by atoms with Gasteiger partial charge in [0.2, 0.25) is 5.91 Å². The molecule has 2 N–H and O–H groups in total. The number of carbonyl (C=O) groups is 2. The van der Waals surface area contributed by atoms with Crippen LogP contribution in [0.3, 0.4) is 0 Å². The normalized spacial score (nSPS) is 15.6. The third kappa shape index (κ3) is 6.38. The lowest BCUT2D eigenvalue weighted by Gasteiger charge is -2.24. The first kappa shape index (κ1) is 22.5. The molecule has 1 heterocycles. The van der Waals surface area contributed by atoms with Crippen LogP contribution in [-0.2, 0) is 4.79 Å². The van der Waals surface area contributed by atoms with E-state index >= 15 is 0 Å². The van der Waals surface area contributed by atoms with Gasteiger partial charge in [-0.05, 0) is 60.9 Å². The molecule has 31 heavy (non-hydrogen) atoms. The van der Waals surface area contributed by atoms with E-state index in [0.717, 1.165) is 36.6 Å². The highest BCUT2D eigenvalue weighted by atomic mass is 16.5. The third-order valence-corrected chi connectivity index (χ3v) is 5.39. The Kier molecular flexibility index (Phi) is 7.39. The van der Waals surface area contributed by atoms with Gasteiger partial charge in [-0.25, -0.2) is 4.79 Å². The minimum atomic E-state index is -0.298. The highest BCUT2D eigenvalue weighted by Gasteiger charge is 2.27. The van der Waals surface area contributed by atoms with Crippen LogP contribution < -0.4 is 20.3 Å². The van der Waals surface area contributed by atoms with E-state index < -0.39 is 0 Å². The Labute approximate surface area is 184 Å². The fourth-order valence-electron chi connectivity index (χ4n) is 3.50. The fourth-order valence-corrected chi connectivity index (χ4v) is 3.50. The van der Waals surface area contributed by atoms with E-state index in [1.54, 1.807) is 6.92 Å². The minimum absolute atomic E-state index is 0.0927. The van der Waals surface area contributed by atoms with E-state index in [-0.39, 0.29) is 18.0 Å². The summed E-state index contributed by atoms with van der Waals surface area (Å²) >= 11 is 0. The molecule has 166 valence electrons. The van der Waals surface area contributed by atoms with Crippen LogP contribution in [0.15, 0.2) is 48.5 Å². The van der Waals surface area contributed by atoms with Gasteiger partial charge in [0.05, 0.1) is 12.6 Å². The molecule has 7 heteroatoms. The first-order chi connectivity index (χ1) is 14.8. The maximum atomic E-state index is 12.3. The van der Waals surface area contributed by atoms with Crippen LogP contribution >= 0.6 is 0 Å². The summed E-state index contributed by atoms with van der Waals surface area (Å²) in [6.07, 6.45) is 0.958. The van der Waals surface area contributed by atoms with Crippen molar-refractivity contribution in [1.82, 2.24) is 4.90 Å². The van der Waals surface area contributed by atoms with Crippen molar-refractivity contribution in [2.45, 2.75) is 33.2 Å². The Hall–Kier alpha value is -3.22. The predicted octanol–water partition coefficient (Wildman–Crippen LogP) is 4.42. The van der Waals surface area contributed by atoms with E-state index in [1.165, 1.54) is 0 Å². The standard InChI is InChI=1S/C24H32N4O3/c1-17(2)16-31-23-11-7-20(8-12-23)26-24(30)25-19-5-9-21(10-6-19)28-14-13-22(15-28)27(4)18(3)29/h5-12,17,22H,13-16H2,1-4H3,(H2,25,26,30). The summed E-state index contributed by atoms with van der Waals surface area (Å²) in [6, 6.07) is 15.0. The Morgan fingerprint density at radius 2 is 1.65 bits per heavy atom. The number of hydrogen-bond acceptors (Lipinski definition) is 4. The zero-order valence-corrected chi connectivity index (χ0v) is 18.7. The second-order valence-corrected chi connectivity index (χ2v) is 8.37. The molecule has 1 unspecified atom stereocenters. The van der Waals surface area contributed by atoms with E-state index in [4.69, 9.17) is 4.74 Å². The lowest BCUT2D eigenvalue weighted by molar-refractivity contribution is -0.129. The monoisotopic (exact) mass is 424 g/mol. The fraction of sp³-hybridized carbons (Fsp3) is 0.417. The molecule has 1 atom stereocenters. The molecule has 0 saturated carbocycles. The Balaban J connectivity index is 1.49. The van der Waals surface area contributed by atoms with Crippen molar-refractivity contribution in [3.63, 3.8) is 0 Å². The van der Waals surface area contributed by atoms with Gasteiger partial charge in [-0.3, -0.25) is 4.79 Å². The molecule has 0 radical (unpaired) electrons.